The van der Waals surface area contributed by atoms with Crippen molar-refractivity contribution in [2.45, 2.75) is 13.8 Å². The van der Waals surface area contributed by atoms with Gasteiger partial charge in [0, 0.05) is 29.0 Å². The van der Waals surface area contributed by atoms with Crippen LogP contribution in [0.25, 0.3) is 16.9 Å². The van der Waals surface area contributed by atoms with Crippen molar-refractivity contribution < 1.29 is 14.3 Å². The summed E-state index contributed by atoms with van der Waals surface area (Å²) in [4.78, 5) is 33.0. The second-order valence-electron chi connectivity index (χ2n) is 8.63. The fourth-order valence-electron chi connectivity index (χ4n) is 3.72. The van der Waals surface area contributed by atoms with Crippen molar-refractivity contribution in [3.63, 3.8) is 0 Å². The number of rotatable bonds is 9. The summed E-state index contributed by atoms with van der Waals surface area (Å²) in [6.07, 6.45) is 1.85. The molecule has 4 aromatic rings. The molecule has 0 aliphatic heterocycles. The second-order valence-corrected chi connectivity index (χ2v) is 10.0. The summed E-state index contributed by atoms with van der Waals surface area (Å²) in [5, 5.41) is 5.39. The molecule has 2 amide bonds. The summed E-state index contributed by atoms with van der Waals surface area (Å²) >= 11 is 7.41. The molecule has 0 saturated heterocycles. The van der Waals surface area contributed by atoms with Crippen molar-refractivity contribution in [3.05, 3.63) is 82.1 Å². The molecule has 0 atom stereocenters. The lowest BCUT2D eigenvalue weighted by Gasteiger charge is -2.23. The smallest absolute Gasteiger partial charge is 0.264 e. The number of carbonyl (C=O) groups excluding carboxylic acids is 2. The Kier molecular flexibility index (Phi) is 8.07. The molecule has 0 saturated carbocycles. The van der Waals surface area contributed by atoms with Crippen molar-refractivity contribution in [1.29, 1.82) is 0 Å². The van der Waals surface area contributed by atoms with E-state index in [2.05, 4.69) is 10.3 Å². The number of nitrogens with zero attached hydrogens (tertiary/aromatic N) is 3. The fraction of sp³-hybridized carbons (Fsp3) is 0.222. The van der Waals surface area contributed by atoms with E-state index in [4.69, 9.17) is 16.3 Å². The zero-order valence-electron chi connectivity index (χ0n) is 20.3. The average molecular weight is 523 g/mol. The molecule has 9 heteroatoms. The van der Waals surface area contributed by atoms with E-state index in [0.717, 1.165) is 17.0 Å². The van der Waals surface area contributed by atoms with E-state index in [1.807, 2.05) is 67.9 Å². The quantitative estimate of drug-likeness (QED) is 0.292. The molecule has 36 heavy (non-hydrogen) atoms. The Morgan fingerprint density at radius 1 is 1.11 bits per heavy atom. The third-order valence-electron chi connectivity index (χ3n) is 5.39. The molecular weight excluding hydrogens is 496 g/mol. The van der Waals surface area contributed by atoms with Crippen LogP contribution in [0.5, 0.6) is 5.75 Å². The first-order valence-electron chi connectivity index (χ1n) is 11.5. The molecule has 186 valence electrons. The minimum Gasteiger partial charge on any atom is -0.497 e. The molecule has 1 N–H and O–H groups in total. The third kappa shape index (κ3) is 6.13. The lowest BCUT2D eigenvalue weighted by atomic mass is 10.2. The van der Waals surface area contributed by atoms with Crippen LogP contribution < -0.4 is 10.1 Å². The molecule has 0 radical (unpaired) electrons. The van der Waals surface area contributed by atoms with Gasteiger partial charge in [-0.05, 0) is 53.8 Å². The molecule has 2 heterocycles. The summed E-state index contributed by atoms with van der Waals surface area (Å²) in [6, 6.07) is 18.4. The highest BCUT2D eigenvalue weighted by Crippen LogP contribution is 2.26. The number of nitrogens with one attached hydrogen (secondary N) is 1. The van der Waals surface area contributed by atoms with Crippen molar-refractivity contribution in [3.8, 4) is 22.7 Å². The van der Waals surface area contributed by atoms with Gasteiger partial charge in [-0.2, -0.15) is 0 Å². The predicted octanol–water partition coefficient (Wildman–Crippen LogP) is 6.00. The molecule has 0 spiro atoms. The van der Waals surface area contributed by atoms with Crippen LogP contribution in [-0.2, 0) is 4.79 Å². The minimum atomic E-state index is -0.330. The van der Waals surface area contributed by atoms with Crippen molar-refractivity contribution in [2.75, 3.05) is 25.5 Å². The van der Waals surface area contributed by atoms with E-state index >= 15 is 0 Å². The van der Waals surface area contributed by atoms with Crippen LogP contribution in [0, 0.1) is 5.92 Å². The number of ether oxygens (including phenoxy) is 1. The van der Waals surface area contributed by atoms with Gasteiger partial charge in [0.05, 0.1) is 17.7 Å². The summed E-state index contributed by atoms with van der Waals surface area (Å²) in [5.41, 5.74) is 2.33. The fourth-order valence-corrected chi connectivity index (χ4v) is 4.54. The van der Waals surface area contributed by atoms with E-state index in [1.54, 1.807) is 34.8 Å². The lowest BCUT2D eigenvalue weighted by Crippen LogP contribution is -2.40. The van der Waals surface area contributed by atoms with Gasteiger partial charge < -0.3 is 9.64 Å². The summed E-state index contributed by atoms with van der Waals surface area (Å²) in [5.74, 6) is 0.791. The van der Waals surface area contributed by atoms with E-state index in [9.17, 15) is 9.59 Å². The van der Waals surface area contributed by atoms with E-state index in [1.165, 1.54) is 11.3 Å². The number of methoxy groups -OCH3 is 1. The highest BCUT2D eigenvalue weighted by molar-refractivity contribution is 7.12. The van der Waals surface area contributed by atoms with E-state index in [0.29, 0.717) is 28.1 Å². The molecule has 0 aliphatic carbocycles. The molecule has 2 aromatic carbocycles. The van der Waals surface area contributed by atoms with Crippen LogP contribution in [0.15, 0.2) is 72.2 Å². The molecule has 2 aromatic heterocycles. The molecule has 0 fully saturated rings. The molecule has 0 unspecified atom stereocenters. The topological polar surface area (TPSA) is 76.5 Å². The highest BCUT2D eigenvalue weighted by atomic mass is 35.5. The second kappa shape index (κ2) is 11.4. The van der Waals surface area contributed by atoms with E-state index < -0.39 is 0 Å². The SMILES string of the molecule is COc1ccc(-n2cc(-c3ccc(Cl)cc3)nc2NC(=O)CN(CC(C)C)C(=O)c2cccs2)cc1. The maximum atomic E-state index is 13.2. The number of thiophene rings is 1. The maximum Gasteiger partial charge on any atom is 0.264 e. The van der Waals surface area contributed by atoms with Crippen LogP contribution in [0.2, 0.25) is 5.02 Å². The van der Waals surface area contributed by atoms with Crippen molar-refractivity contribution in [1.82, 2.24) is 14.5 Å². The highest BCUT2D eigenvalue weighted by Gasteiger charge is 2.22. The Morgan fingerprint density at radius 3 is 2.44 bits per heavy atom. The largest absolute Gasteiger partial charge is 0.497 e. The Bertz CT molecular complexity index is 1320. The number of imidazole rings is 1. The van der Waals surface area contributed by atoms with Gasteiger partial charge in [-0.1, -0.05) is 43.6 Å². The van der Waals surface area contributed by atoms with Crippen LogP contribution in [0.4, 0.5) is 5.95 Å². The number of hydrogen-bond donors (Lipinski definition) is 1. The van der Waals surface area contributed by atoms with Gasteiger partial charge >= 0.3 is 0 Å². The number of hydrogen-bond acceptors (Lipinski definition) is 5. The van der Waals surface area contributed by atoms with Crippen LogP contribution in [0.1, 0.15) is 23.5 Å². The molecule has 4 rings (SSSR count). The summed E-state index contributed by atoms with van der Waals surface area (Å²) < 4.78 is 7.07. The average Bonchev–Trinajstić information content (AvgIpc) is 3.54. The van der Waals surface area contributed by atoms with Crippen molar-refractivity contribution in [2.24, 2.45) is 5.92 Å². The van der Waals surface area contributed by atoms with Crippen molar-refractivity contribution >= 4 is 40.7 Å². The number of benzene rings is 2. The van der Waals surface area contributed by atoms with Gasteiger partial charge in [0.2, 0.25) is 11.9 Å². The lowest BCUT2D eigenvalue weighted by molar-refractivity contribution is -0.117. The standard InChI is InChI=1S/C27H27ClN4O3S/c1-18(2)15-31(26(34)24-5-4-14-36-24)17-25(33)30-27-29-23(19-6-8-20(28)9-7-19)16-32(27)21-10-12-22(35-3)13-11-21/h4-14,16,18H,15,17H2,1-3H3,(H,29,30,33). The van der Waals surface area contributed by atoms with Gasteiger partial charge in [0.1, 0.15) is 12.3 Å². The number of carbonyl (C=O) groups is 2. The predicted molar refractivity (Wildman–Crippen MR) is 144 cm³/mol. The number of halogens is 1. The zero-order chi connectivity index (χ0) is 25.7. The third-order valence-corrected chi connectivity index (χ3v) is 6.50. The maximum absolute atomic E-state index is 13.2. The van der Waals surface area contributed by atoms with Gasteiger partial charge in [-0.25, -0.2) is 4.98 Å². The normalized spacial score (nSPS) is 10.9. The minimum absolute atomic E-state index is 0.0827. The Balaban J connectivity index is 1.62. The van der Waals surface area contributed by atoms with Gasteiger partial charge in [-0.15, -0.1) is 11.3 Å². The zero-order valence-corrected chi connectivity index (χ0v) is 21.8. The molecular formula is C27H27ClN4O3S. The van der Waals surface area contributed by atoms with E-state index in [-0.39, 0.29) is 24.3 Å². The number of amides is 2. The Hall–Kier alpha value is -3.62. The number of anilines is 1. The first-order valence-corrected chi connectivity index (χ1v) is 12.7. The summed E-state index contributed by atoms with van der Waals surface area (Å²) in [7, 11) is 1.61. The summed E-state index contributed by atoms with van der Waals surface area (Å²) in [6.45, 7) is 4.41. The first kappa shape index (κ1) is 25.5. The van der Waals surface area contributed by atoms with Gasteiger partial charge in [0.15, 0.2) is 0 Å². The van der Waals surface area contributed by atoms with Crippen LogP contribution >= 0.6 is 22.9 Å². The molecule has 0 aliphatic rings. The van der Waals surface area contributed by atoms with Crippen LogP contribution in [-0.4, -0.2) is 46.5 Å². The van der Waals surface area contributed by atoms with Gasteiger partial charge in [-0.3, -0.25) is 19.5 Å². The monoisotopic (exact) mass is 522 g/mol. The molecule has 7 nitrogen and oxygen atoms in total. The Labute approximate surface area is 219 Å². The Morgan fingerprint density at radius 2 is 1.83 bits per heavy atom. The molecule has 0 bridgehead atoms. The van der Waals surface area contributed by atoms with Crippen LogP contribution in [0.3, 0.4) is 0 Å². The van der Waals surface area contributed by atoms with Gasteiger partial charge in [0.25, 0.3) is 5.91 Å². The number of aromatic nitrogens is 2. The first-order chi connectivity index (χ1) is 17.3.